The summed E-state index contributed by atoms with van der Waals surface area (Å²) in [5.41, 5.74) is 0.648. The van der Waals surface area contributed by atoms with Crippen molar-refractivity contribution in [2.45, 2.75) is 13.8 Å². The molecular weight excluding hydrogens is 365 g/mol. The summed E-state index contributed by atoms with van der Waals surface area (Å²) in [6.07, 6.45) is 0. The third-order valence-electron chi connectivity index (χ3n) is 4.23. The topological polar surface area (TPSA) is 63.1 Å². The second-order valence-corrected chi connectivity index (χ2v) is 6.86. The molecule has 0 bridgehead atoms. The molecule has 0 aliphatic heterocycles. The average Bonchev–Trinajstić information content (AvgIpc) is 3.35. The lowest BCUT2D eigenvalue weighted by molar-refractivity contribution is 0.0938. The molecule has 0 spiro atoms. The molecule has 3 aromatic rings. The quantitative estimate of drug-likeness (QED) is 0.645. The van der Waals surface area contributed by atoms with Gasteiger partial charge in [0.25, 0.3) is 5.91 Å². The van der Waals surface area contributed by atoms with E-state index in [0.29, 0.717) is 18.1 Å². The minimum Gasteiger partial charge on any atom is -0.348 e. The number of nitrogens with one attached hydrogen (secondary N) is 1. The first kappa shape index (κ1) is 19.2. The van der Waals surface area contributed by atoms with Crippen LogP contribution < -0.4 is 5.32 Å². The van der Waals surface area contributed by atoms with E-state index < -0.39 is 0 Å². The zero-order valence-corrected chi connectivity index (χ0v) is 16.2. The van der Waals surface area contributed by atoms with Crippen LogP contribution in [0.4, 0.5) is 4.39 Å². The first-order chi connectivity index (χ1) is 13.1. The van der Waals surface area contributed by atoms with Crippen LogP contribution in [0.1, 0.15) is 24.5 Å². The minimum absolute atomic E-state index is 0.0993. The number of amides is 1. The smallest absolute Gasteiger partial charge is 0.291 e. The monoisotopic (exact) mass is 387 g/mol. The number of likely N-dealkylation sites (N-methyl/N-ethyl adjacent to an activating group) is 1. The lowest BCUT2D eigenvalue weighted by Crippen LogP contribution is -2.35. The van der Waals surface area contributed by atoms with Crippen molar-refractivity contribution in [3.05, 3.63) is 53.4 Å². The summed E-state index contributed by atoms with van der Waals surface area (Å²) in [6.45, 7) is 7.35. The van der Waals surface area contributed by atoms with Crippen LogP contribution in [-0.4, -0.2) is 51.8 Å². The number of aromatic nitrogens is 3. The number of carbonyl (C=O) groups is 1. The van der Waals surface area contributed by atoms with E-state index in [0.717, 1.165) is 24.5 Å². The Morgan fingerprint density at radius 1 is 1.22 bits per heavy atom. The molecule has 0 fully saturated rings. The van der Waals surface area contributed by atoms with Crippen molar-refractivity contribution in [3.8, 4) is 16.4 Å². The fourth-order valence-corrected chi connectivity index (χ4v) is 3.38. The Balaban J connectivity index is 1.83. The van der Waals surface area contributed by atoms with Crippen LogP contribution in [0.2, 0.25) is 0 Å². The standard InChI is InChI=1S/C19H22FN5OS/c1-3-24(4-2)12-11-21-19(26)17-22-18(16-6-5-13-27-16)25(23-17)15-9-7-14(20)8-10-15/h5-10,13H,3-4,11-12H2,1-2H3,(H,21,26). The molecule has 8 heteroatoms. The maximum Gasteiger partial charge on any atom is 0.291 e. The van der Waals surface area contributed by atoms with E-state index in [2.05, 4.69) is 34.1 Å². The van der Waals surface area contributed by atoms with Gasteiger partial charge in [-0.3, -0.25) is 4.79 Å². The second-order valence-electron chi connectivity index (χ2n) is 5.91. The van der Waals surface area contributed by atoms with Gasteiger partial charge in [0.2, 0.25) is 5.82 Å². The van der Waals surface area contributed by atoms with Gasteiger partial charge >= 0.3 is 0 Å². The molecule has 0 atom stereocenters. The van der Waals surface area contributed by atoms with Crippen molar-refractivity contribution >= 4 is 17.2 Å². The maximum absolute atomic E-state index is 13.3. The molecule has 3 rings (SSSR count). The van der Waals surface area contributed by atoms with Crippen LogP contribution >= 0.6 is 11.3 Å². The molecule has 142 valence electrons. The zero-order chi connectivity index (χ0) is 19.2. The van der Waals surface area contributed by atoms with Crippen molar-refractivity contribution in [1.82, 2.24) is 25.0 Å². The molecule has 2 heterocycles. The summed E-state index contributed by atoms with van der Waals surface area (Å²) in [6, 6.07) is 9.77. The van der Waals surface area contributed by atoms with E-state index in [1.165, 1.54) is 23.5 Å². The fourth-order valence-electron chi connectivity index (χ4n) is 2.68. The molecule has 0 aliphatic carbocycles. The molecule has 1 aromatic carbocycles. The second kappa shape index (κ2) is 8.88. The van der Waals surface area contributed by atoms with E-state index in [-0.39, 0.29) is 17.5 Å². The van der Waals surface area contributed by atoms with Crippen molar-refractivity contribution in [1.29, 1.82) is 0 Å². The molecule has 0 unspecified atom stereocenters. The Kier molecular flexibility index (Phi) is 6.31. The van der Waals surface area contributed by atoms with Crippen LogP contribution in [0, 0.1) is 5.82 Å². The lowest BCUT2D eigenvalue weighted by atomic mass is 10.3. The van der Waals surface area contributed by atoms with Crippen LogP contribution in [-0.2, 0) is 0 Å². The van der Waals surface area contributed by atoms with E-state index in [1.807, 2.05) is 17.5 Å². The summed E-state index contributed by atoms with van der Waals surface area (Å²) in [4.78, 5) is 20.0. The number of nitrogens with zero attached hydrogens (tertiary/aromatic N) is 4. The number of thiophene rings is 1. The zero-order valence-electron chi connectivity index (χ0n) is 15.4. The molecule has 0 saturated heterocycles. The Morgan fingerprint density at radius 3 is 2.59 bits per heavy atom. The average molecular weight is 387 g/mol. The van der Waals surface area contributed by atoms with E-state index >= 15 is 0 Å². The molecule has 27 heavy (non-hydrogen) atoms. The summed E-state index contributed by atoms with van der Waals surface area (Å²) < 4.78 is 14.8. The predicted molar refractivity (Wildman–Crippen MR) is 105 cm³/mol. The summed E-state index contributed by atoms with van der Waals surface area (Å²) >= 11 is 1.50. The Hall–Kier alpha value is -2.58. The minimum atomic E-state index is -0.328. The van der Waals surface area contributed by atoms with Gasteiger partial charge in [-0.1, -0.05) is 19.9 Å². The van der Waals surface area contributed by atoms with Crippen LogP contribution in [0.5, 0.6) is 0 Å². The normalized spacial score (nSPS) is 11.1. The first-order valence-corrected chi connectivity index (χ1v) is 9.77. The molecule has 0 saturated carbocycles. The molecular formula is C19H22FN5OS. The third-order valence-corrected chi connectivity index (χ3v) is 5.10. The van der Waals surface area contributed by atoms with Crippen LogP contribution in [0.25, 0.3) is 16.4 Å². The maximum atomic E-state index is 13.3. The van der Waals surface area contributed by atoms with Crippen molar-refractivity contribution in [3.63, 3.8) is 0 Å². The highest BCUT2D eigenvalue weighted by molar-refractivity contribution is 7.13. The van der Waals surface area contributed by atoms with Crippen LogP contribution in [0.3, 0.4) is 0 Å². The highest BCUT2D eigenvalue weighted by Gasteiger charge is 2.19. The van der Waals surface area contributed by atoms with Crippen molar-refractivity contribution in [2.75, 3.05) is 26.2 Å². The molecule has 2 aromatic heterocycles. The molecule has 1 amide bonds. The molecule has 1 N–H and O–H groups in total. The molecule has 0 aliphatic rings. The van der Waals surface area contributed by atoms with Gasteiger partial charge < -0.3 is 10.2 Å². The number of rotatable bonds is 8. The first-order valence-electron chi connectivity index (χ1n) is 8.89. The summed E-state index contributed by atoms with van der Waals surface area (Å²) in [5, 5.41) is 9.17. The molecule has 0 radical (unpaired) electrons. The number of benzene rings is 1. The van der Waals surface area contributed by atoms with Gasteiger partial charge in [-0.15, -0.1) is 16.4 Å². The lowest BCUT2D eigenvalue weighted by Gasteiger charge is -2.17. The molecule has 6 nitrogen and oxygen atoms in total. The van der Waals surface area contributed by atoms with E-state index in [4.69, 9.17) is 0 Å². The Morgan fingerprint density at radius 2 is 1.96 bits per heavy atom. The van der Waals surface area contributed by atoms with Gasteiger partial charge in [-0.2, -0.15) is 0 Å². The number of hydrogen-bond acceptors (Lipinski definition) is 5. The van der Waals surface area contributed by atoms with Gasteiger partial charge in [0.1, 0.15) is 5.82 Å². The van der Waals surface area contributed by atoms with E-state index in [1.54, 1.807) is 16.8 Å². The fraction of sp³-hybridized carbons (Fsp3) is 0.316. The van der Waals surface area contributed by atoms with Crippen LogP contribution in [0.15, 0.2) is 41.8 Å². The van der Waals surface area contributed by atoms with Gasteiger partial charge in [0.15, 0.2) is 5.82 Å². The van der Waals surface area contributed by atoms with Crippen molar-refractivity contribution < 1.29 is 9.18 Å². The largest absolute Gasteiger partial charge is 0.348 e. The summed E-state index contributed by atoms with van der Waals surface area (Å²) in [5.74, 6) is 0.0134. The van der Waals surface area contributed by atoms with Gasteiger partial charge in [-0.25, -0.2) is 14.1 Å². The Bertz CT molecular complexity index is 872. The van der Waals surface area contributed by atoms with Gasteiger partial charge in [0.05, 0.1) is 10.6 Å². The van der Waals surface area contributed by atoms with Gasteiger partial charge in [-0.05, 0) is 48.8 Å². The number of hydrogen-bond donors (Lipinski definition) is 1. The van der Waals surface area contributed by atoms with Crippen molar-refractivity contribution in [2.24, 2.45) is 0 Å². The van der Waals surface area contributed by atoms with E-state index in [9.17, 15) is 9.18 Å². The van der Waals surface area contributed by atoms with Gasteiger partial charge in [0, 0.05) is 13.1 Å². The predicted octanol–water partition coefficient (Wildman–Crippen LogP) is 3.21. The third kappa shape index (κ3) is 4.58. The highest BCUT2D eigenvalue weighted by Crippen LogP contribution is 2.25. The number of carbonyl (C=O) groups excluding carboxylic acids is 1. The number of halogens is 1. The Labute approximate surface area is 161 Å². The SMILES string of the molecule is CCN(CC)CCNC(=O)c1nc(-c2cccs2)n(-c2ccc(F)cc2)n1. The summed E-state index contributed by atoms with van der Waals surface area (Å²) in [7, 11) is 0. The highest BCUT2D eigenvalue weighted by atomic mass is 32.1.